The number of methoxy groups -OCH3 is 1. The third kappa shape index (κ3) is 10.3. The molecule has 0 spiro atoms. The molecule has 3 aromatic rings. The van der Waals surface area contributed by atoms with E-state index in [1.54, 1.807) is 48.5 Å². The first kappa shape index (κ1) is 38.0. The third-order valence-electron chi connectivity index (χ3n) is 7.11. The fourth-order valence-electron chi connectivity index (χ4n) is 5.07. The highest BCUT2D eigenvalue weighted by Gasteiger charge is 2.52. The SMILES string of the molecule is COc1ccc(C(=O)Nc2nc3ccccc3n2CC(=O)NNC(=S)N[C@@H]2O[C@H](COC(C)=O)[C@H](OC(C)=O)[C@H](OC(C)=O)[C@H]2OC(C)=O)cc1. The van der Waals surface area contributed by atoms with Crippen LogP contribution in [0, 0.1) is 0 Å². The summed E-state index contributed by atoms with van der Waals surface area (Å²) in [5.41, 5.74) is 6.35. The monoisotopic (exact) mass is 728 g/mol. The van der Waals surface area contributed by atoms with Gasteiger partial charge in [0.2, 0.25) is 5.95 Å². The minimum Gasteiger partial charge on any atom is -0.497 e. The van der Waals surface area contributed by atoms with E-state index in [9.17, 15) is 28.8 Å². The summed E-state index contributed by atoms with van der Waals surface area (Å²) >= 11 is 5.35. The summed E-state index contributed by atoms with van der Waals surface area (Å²) < 4.78 is 33.8. The molecule has 1 fully saturated rings. The Hall–Kier alpha value is -5.82. The number of ether oxygens (including phenoxy) is 6. The van der Waals surface area contributed by atoms with Crippen LogP contribution in [0.3, 0.4) is 0 Å². The van der Waals surface area contributed by atoms with E-state index in [1.165, 1.54) is 11.7 Å². The van der Waals surface area contributed by atoms with Crippen molar-refractivity contribution in [2.75, 3.05) is 19.0 Å². The second kappa shape index (κ2) is 17.2. The van der Waals surface area contributed by atoms with Gasteiger partial charge in [0.25, 0.3) is 11.8 Å². The van der Waals surface area contributed by atoms with Crippen molar-refractivity contribution in [3.8, 4) is 5.75 Å². The molecular formula is C32H36N6O12S. The summed E-state index contributed by atoms with van der Waals surface area (Å²) in [7, 11) is 1.51. The lowest BCUT2D eigenvalue weighted by Gasteiger charge is -2.44. The molecule has 0 radical (unpaired) electrons. The lowest BCUT2D eigenvalue weighted by atomic mass is 9.97. The van der Waals surface area contributed by atoms with Crippen LogP contribution >= 0.6 is 12.2 Å². The van der Waals surface area contributed by atoms with Crippen molar-refractivity contribution >= 4 is 70.0 Å². The molecule has 1 aliphatic heterocycles. The number of hydrogen-bond donors (Lipinski definition) is 4. The number of anilines is 1. The van der Waals surface area contributed by atoms with Crippen molar-refractivity contribution in [2.45, 2.75) is 64.9 Å². The van der Waals surface area contributed by atoms with E-state index < -0.39 is 72.9 Å². The van der Waals surface area contributed by atoms with Gasteiger partial charge in [-0.15, -0.1) is 0 Å². The fraction of sp³-hybridized carbons (Fsp3) is 0.375. The van der Waals surface area contributed by atoms with Crippen LogP contribution in [-0.4, -0.2) is 94.7 Å². The van der Waals surface area contributed by atoms with Gasteiger partial charge >= 0.3 is 23.9 Å². The molecule has 2 amide bonds. The van der Waals surface area contributed by atoms with Crippen LogP contribution in [0.1, 0.15) is 38.1 Å². The number of nitrogens with zero attached hydrogens (tertiary/aromatic N) is 2. The molecule has 0 saturated carbocycles. The van der Waals surface area contributed by atoms with E-state index in [4.69, 9.17) is 40.6 Å². The Balaban J connectivity index is 1.49. The summed E-state index contributed by atoms with van der Waals surface area (Å²) in [6, 6.07) is 13.4. The summed E-state index contributed by atoms with van der Waals surface area (Å²) in [5.74, 6) is -3.48. The van der Waals surface area contributed by atoms with Gasteiger partial charge in [0.15, 0.2) is 29.7 Å². The van der Waals surface area contributed by atoms with Crippen molar-refractivity contribution in [3.05, 3.63) is 54.1 Å². The van der Waals surface area contributed by atoms with Gasteiger partial charge in [-0.3, -0.25) is 44.9 Å². The first-order valence-electron chi connectivity index (χ1n) is 15.3. The number of para-hydroxylation sites is 2. The molecule has 19 heteroatoms. The van der Waals surface area contributed by atoms with Crippen LogP contribution in [0.5, 0.6) is 5.75 Å². The number of imidazole rings is 1. The number of rotatable bonds is 11. The van der Waals surface area contributed by atoms with E-state index >= 15 is 0 Å². The molecule has 1 aromatic heterocycles. The number of nitrogens with one attached hydrogen (secondary N) is 4. The van der Waals surface area contributed by atoms with E-state index in [0.717, 1.165) is 27.7 Å². The Morgan fingerprint density at radius 3 is 2.08 bits per heavy atom. The maximum absolute atomic E-state index is 13.2. The molecule has 18 nitrogen and oxygen atoms in total. The van der Waals surface area contributed by atoms with E-state index in [2.05, 4.69) is 26.5 Å². The van der Waals surface area contributed by atoms with Crippen molar-refractivity contribution < 1.29 is 57.2 Å². The fourth-order valence-corrected chi connectivity index (χ4v) is 5.23. The second-order valence-electron chi connectivity index (χ2n) is 11.0. The predicted molar refractivity (Wildman–Crippen MR) is 180 cm³/mol. The number of aromatic nitrogens is 2. The van der Waals surface area contributed by atoms with Gasteiger partial charge in [-0.25, -0.2) is 4.98 Å². The maximum atomic E-state index is 13.2. The number of esters is 4. The highest BCUT2D eigenvalue weighted by atomic mass is 32.1. The molecule has 51 heavy (non-hydrogen) atoms. The third-order valence-corrected chi connectivity index (χ3v) is 7.33. The number of hydrogen-bond acceptors (Lipinski definition) is 14. The van der Waals surface area contributed by atoms with Crippen molar-refractivity contribution in [2.24, 2.45) is 0 Å². The summed E-state index contributed by atoms with van der Waals surface area (Å²) in [6.45, 7) is 3.67. The number of benzene rings is 2. The molecule has 5 atom stereocenters. The quantitative estimate of drug-likeness (QED) is 0.0931. The molecule has 0 aliphatic carbocycles. The summed E-state index contributed by atoms with van der Waals surface area (Å²) in [5, 5.41) is 5.21. The smallest absolute Gasteiger partial charge is 0.303 e. The minimum absolute atomic E-state index is 0.102. The highest BCUT2D eigenvalue weighted by molar-refractivity contribution is 7.80. The molecule has 2 heterocycles. The highest BCUT2D eigenvalue weighted by Crippen LogP contribution is 2.28. The Morgan fingerprint density at radius 1 is 0.824 bits per heavy atom. The number of carbonyl (C=O) groups is 6. The van der Waals surface area contributed by atoms with Gasteiger partial charge in [-0.05, 0) is 48.6 Å². The van der Waals surface area contributed by atoms with E-state index in [0.29, 0.717) is 22.3 Å². The molecule has 4 rings (SSSR count). The first-order chi connectivity index (χ1) is 24.2. The van der Waals surface area contributed by atoms with Crippen LogP contribution in [-0.2, 0) is 54.2 Å². The minimum atomic E-state index is -1.44. The maximum Gasteiger partial charge on any atom is 0.303 e. The van der Waals surface area contributed by atoms with Gasteiger partial charge in [0.1, 0.15) is 25.0 Å². The molecule has 0 unspecified atom stereocenters. The summed E-state index contributed by atoms with van der Waals surface area (Å²) in [4.78, 5) is 78.4. The zero-order chi connectivity index (χ0) is 37.2. The number of fused-ring (bicyclic) bond motifs is 1. The summed E-state index contributed by atoms with van der Waals surface area (Å²) in [6.07, 6.45) is -6.82. The largest absolute Gasteiger partial charge is 0.497 e. The molecule has 4 N–H and O–H groups in total. The van der Waals surface area contributed by atoms with Crippen LogP contribution in [0.25, 0.3) is 11.0 Å². The molecule has 1 aliphatic rings. The van der Waals surface area contributed by atoms with Gasteiger partial charge in [0, 0.05) is 33.3 Å². The van der Waals surface area contributed by atoms with Crippen LogP contribution in [0.4, 0.5) is 5.95 Å². The zero-order valence-corrected chi connectivity index (χ0v) is 28.9. The lowest BCUT2D eigenvalue weighted by Crippen LogP contribution is -2.67. The van der Waals surface area contributed by atoms with Gasteiger partial charge < -0.3 is 38.3 Å². The van der Waals surface area contributed by atoms with Crippen LogP contribution in [0.2, 0.25) is 0 Å². The molecule has 0 bridgehead atoms. The Morgan fingerprint density at radius 2 is 1.45 bits per heavy atom. The Bertz CT molecular complexity index is 1800. The van der Waals surface area contributed by atoms with Gasteiger partial charge in [-0.1, -0.05) is 12.1 Å². The molecule has 2 aromatic carbocycles. The average molecular weight is 729 g/mol. The van der Waals surface area contributed by atoms with Crippen LogP contribution in [0.15, 0.2) is 48.5 Å². The number of amides is 2. The molecule has 272 valence electrons. The van der Waals surface area contributed by atoms with E-state index in [-0.39, 0.29) is 17.6 Å². The van der Waals surface area contributed by atoms with Gasteiger partial charge in [0.05, 0.1) is 18.1 Å². The lowest BCUT2D eigenvalue weighted by molar-refractivity contribution is -0.254. The number of carbonyl (C=O) groups excluding carboxylic acids is 6. The topological polar surface area (TPSA) is 224 Å². The Kier molecular flexibility index (Phi) is 12.8. The van der Waals surface area contributed by atoms with Crippen LogP contribution < -0.4 is 26.2 Å². The second-order valence-corrected chi connectivity index (χ2v) is 11.4. The first-order valence-corrected chi connectivity index (χ1v) is 15.7. The molecule has 1 saturated heterocycles. The Labute approximate surface area is 296 Å². The van der Waals surface area contributed by atoms with Gasteiger partial charge in [-0.2, -0.15) is 0 Å². The van der Waals surface area contributed by atoms with E-state index in [1.807, 2.05) is 0 Å². The van der Waals surface area contributed by atoms with Crippen molar-refractivity contribution in [1.82, 2.24) is 25.7 Å². The number of thiocarbonyl (C=S) groups is 1. The standard InChI is InChI=1S/C32H36N6O12S/c1-16(39)46-15-24-26(47-17(2)40)27(48-18(3)41)28(49-19(4)42)30(50-24)35-32(51)37-36-25(43)14-38-23-9-7-6-8-22(23)33-31(38)34-29(44)20-10-12-21(45-5)13-11-20/h6-13,24,26-28,30H,14-15H2,1-5H3,(H,36,43)(H,33,34,44)(H2,35,37,51)/t24-,26+,27+,28-,30-/m1/s1. The van der Waals surface area contributed by atoms with Crippen molar-refractivity contribution in [1.29, 1.82) is 0 Å². The molecular weight excluding hydrogens is 692 g/mol. The number of hydrazine groups is 1. The predicted octanol–water partition coefficient (Wildman–Crippen LogP) is 0.876. The zero-order valence-electron chi connectivity index (χ0n) is 28.1. The average Bonchev–Trinajstić information content (AvgIpc) is 3.41. The normalized spacial score (nSPS) is 19.5. The van der Waals surface area contributed by atoms with Crippen molar-refractivity contribution in [3.63, 3.8) is 0 Å².